The van der Waals surface area contributed by atoms with E-state index in [1.54, 1.807) is 13.2 Å². The second-order valence-electron chi connectivity index (χ2n) is 4.43. The van der Waals surface area contributed by atoms with E-state index in [0.717, 1.165) is 0 Å². The molecule has 0 aliphatic carbocycles. The maximum atomic E-state index is 13.7. The molecule has 2 aromatic rings. The fourth-order valence-corrected chi connectivity index (χ4v) is 1.70. The number of methoxy groups -OCH3 is 1. The average molecular weight is 237 g/mol. The molecule has 3 nitrogen and oxygen atoms in total. The van der Waals surface area contributed by atoms with Crippen molar-refractivity contribution in [3.63, 3.8) is 0 Å². The normalized spacial score (nSPS) is 13.5. The zero-order valence-electron chi connectivity index (χ0n) is 10.5. The quantitative estimate of drug-likeness (QED) is 0.814. The van der Waals surface area contributed by atoms with Crippen LogP contribution in [-0.2, 0) is 4.74 Å². The van der Waals surface area contributed by atoms with Gasteiger partial charge < -0.3 is 9.15 Å². The second kappa shape index (κ2) is 4.45. The van der Waals surface area contributed by atoms with Crippen molar-refractivity contribution in [2.45, 2.75) is 32.8 Å². The van der Waals surface area contributed by atoms with Crippen LogP contribution in [0.5, 0.6) is 0 Å². The summed E-state index contributed by atoms with van der Waals surface area (Å²) in [4.78, 5) is 4.21. The Morgan fingerprint density at radius 3 is 2.59 bits per heavy atom. The van der Waals surface area contributed by atoms with Gasteiger partial charge in [0.05, 0.1) is 0 Å². The SMILES string of the molecule is COC(C)c1nc2cc(F)c(C(C)C)cc2o1. The second-order valence-corrected chi connectivity index (χ2v) is 4.43. The number of hydrogen-bond acceptors (Lipinski definition) is 3. The summed E-state index contributed by atoms with van der Waals surface area (Å²) in [7, 11) is 1.58. The van der Waals surface area contributed by atoms with Gasteiger partial charge in [-0.25, -0.2) is 9.37 Å². The lowest BCUT2D eigenvalue weighted by molar-refractivity contribution is 0.0964. The molecule has 17 heavy (non-hydrogen) atoms. The molecule has 92 valence electrons. The predicted molar refractivity (Wildman–Crippen MR) is 63.5 cm³/mol. The maximum Gasteiger partial charge on any atom is 0.224 e. The van der Waals surface area contributed by atoms with Crippen LogP contribution in [0.15, 0.2) is 16.5 Å². The first-order valence-electron chi connectivity index (χ1n) is 5.65. The summed E-state index contributed by atoms with van der Waals surface area (Å²) in [6.07, 6.45) is -0.229. The third kappa shape index (κ3) is 2.17. The van der Waals surface area contributed by atoms with E-state index in [4.69, 9.17) is 9.15 Å². The molecule has 0 saturated carbocycles. The number of fused-ring (bicyclic) bond motifs is 1. The van der Waals surface area contributed by atoms with Crippen molar-refractivity contribution in [2.24, 2.45) is 0 Å². The van der Waals surface area contributed by atoms with Gasteiger partial charge in [0.2, 0.25) is 5.89 Å². The van der Waals surface area contributed by atoms with Gasteiger partial charge in [0.25, 0.3) is 0 Å². The van der Waals surface area contributed by atoms with Gasteiger partial charge in [-0.2, -0.15) is 0 Å². The van der Waals surface area contributed by atoms with Crippen LogP contribution in [0.2, 0.25) is 0 Å². The van der Waals surface area contributed by atoms with Crippen molar-refractivity contribution in [1.29, 1.82) is 0 Å². The van der Waals surface area contributed by atoms with Crippen molar-refractivity contribution >= 4 is 11.1 Å². The minimum absolute atomic E-state index is 0.118. The summed E-state index contributed by atoms with van der Waals surface area (Å²) in [5, 5.41) is 0. The number of rotatable bonds is 3. The first-order chi connectivity index (χ1) is 8.02. The molecule has 0 aliphatic rings. The van der Waals surface area contributed by atoms with Gasteiger partial charge in [-0.1, -0.05) is 13.8 Å². The van der Waals surface area contributed by atoms with Crippen LogP contribution in [0, 0.1) is 5.82 Å². The Labute approximate surface area is 99.6 Å². The van der Waals surface area contributed by atoms with Gasteiger partial charge in [-0.15, -0.1) is 0 Å². The molecular weight excluding hydrogens is 221 g/mol. The highest BCUT2D eigenvalue weighted by Gasteiger charge is 2.16. The van der Waals surface area contributed by atoms with Gasteiger partial charge in [0.1, 0.15) is 17.4 Å². The molecule has 0 fully saturated rings. The summed E-state index contributed by atoms with van der Waals surface area (Å²) in [5.74, 6) is 0.355. The Bertz CT molecular complexity index is 533. The van der Waals surface area contributed by atoms with E-state index < -0.39 is 0 Å². The molecule has 0 N–H and O–H groups in total. The Hall–Kier alpha value is -1.42. The Morgan fingerprint density at radius 2 is 2.00 bits per heavy atom. The van der Waals surface area contributed by atoms with Gasteiger partial charge in [-0.05, 0) is 24.5 Å². The van der Waals surface area contributed by atoms with Crippen LogP contribution < -0.4 is 0 Å². The van der Waals surface area contributed by atoms with E-state index in [-0.39, 0.29) is 17.8 Å². The summed E-state index contributed by atoms with van der Waals surface area (Å²) in [5.41, 5.74) is 1.78. The third-order valence-electron chi connectivity index (χ3n) is 2.85. The van der Waals surface area contributed by atoms with E-state index in [1.807, 2.05) is 20.8 Å². The molecule has 1 aromatic carbocycles. The monoisotopic (exact) mass is 237 g/mol. The average Bonchev–Trinajstić information content (AvgIpc) is 2.69. The molecule has 0 radical (unpaired) electrons. The van der Waals surface area contributed by atoms with E-state index in [9.17, 15) is 4.39 Å². The van der Waals surface area contributed by atoms with E-state index in [0.29, 0.717) is 22.6 Å². The number of oxazole rings is 1. The van der Waals surface area contributed by atoms with Gasteiger partial charge in [0.15, 0.2) is 5.58 Å². The number of nitrogens with zero attached hydrogens (tertiary/aromatic N) is 1. The minimum atomic E-state index is -0.239. The number of benzene rings is 1. The fraction of sp³-hybridized carbons (Fsp3) is 0.462. The molecule has 1 heterocycles. The predicted octanol–water partition coefficient (Wildman–Crippen LogP) is 3.80. The molecule has 1 aromatic heterocycles. The molecule has 0 bridgehead atoms. The summed E-state index contributed by atoms with van der Waals surface area (Å²) >= 11 is 0. The van der Waals surface area contributed by atoms with E-state index in [2.05, 4.69) is 4.98 Å². The molecule has 0 aliphatic heterocycles. The van der Waals surface area contributed by atoms with E-state index in [1.165, 1.54) is 6.07 Å². The van der Waals surface area contributed by atoms with Gasteiger partial charge in [0, 0.05) is 13.2 Å². The number of aromatic nitrogens is 1. The largest absolute Gasteiger partial charge is 0.438 e. The van der Waals surface area contributed by atoms with Crippen molar-refractivity contribution in [1.82, 2.24) is 4.98 Å². The van der Waals surface area contributed by atoms with Crippen LogP contribution >= 0.6 is 0 Å². The van der Waals surface area contributed by atoms with Crippen LogP contribution in [0.25, 0.3) is 11.1 Å². The van der Waals surface area contributed by atoms with Gasteiger partial charge in [-0.3, -0.25) is 0 Å². The minimum Gasteiger partial charge on any atom is -0.438 e. The molecule has 1 unspecified atom stereocenters. The highest BCUT2D eigenvalue weighted by Crippen LogP contribution is 2.27. The third-order valence-corrected chi connectivity index (χ3v) is 2.85. The number of hydrogen-bond donors (Lipinski definition) is 0. The van der Waals surface area contributed by atoms with Crippen LogP contribution in [0.4, 0.5) is 4.39 Å². The zero-order valence-corrected chi connectivity index (χ0v) is 10.5. The standard InChI is InChI=1S/C13H16FNO2/c1-7(2)9-5-12-11(6-10(9)14)15-13(17-12)8(3)16-4/h5-8H,1-4H3. The summed E-state index contributed by atoms with van der Waals surface area (Å²) in [6.45, 7) is 5.73. The Kier molecular flexibility index (Phi) is 3.15. The highest BCUT2D eigenvalue weighted by molar-refractivity contribution is 5.73. The molecule has 0 saturated heterocycles. The van der Waals surface area contributed by atoms with Crippen molar-refractivity contribution < 1.29 is 13.5 Å². The maximum absolute atomic E-state index is 13.7. The van der Waals surface area contributed by atoms with E-state index >= 15 is 0 Å². The fourth-order valence-electron chi connectivity index (χ4n) is 1.70. The lowest BCUT2D eigenvalue weighted by atomic mass is 10.0. The van der Waals surface area contributed by atoms with Crippen molar-refractivity contribution in [2.75, 3.05) is 7.11 Å². The lowest BCUT2D eigenvalue weighted by Crippen LogP contribution is -1.94. The van der Waals surface area contributed by atoms with Crippen molar-refractivity contribution in [3.8, 4) is 0 Å². The van der Waals surface area contributed by atoms with Crippen molar-refractivity contribution in [3.05, 3.63) is 29.4 Å². The summed E-state index contributed by atoms with van der Waals surface area (Å²) < 4.78 is 24.4. The molecule has 4 heteroatoms. The first-order valence-corrected chi connectivity index (χ1v) is 5.65. The molecule has 0 amide bonds. The number of halogens is 1. The molecule has 2 rings (SSSR count). The van der Waals surface area contributed by atoms with Crippen LogP contribution in [0.1, 0.15) is 44.2 Å². The van der Waals surface area contributed by atoms with Crippen LogP contribution in [-0.4, -0.2) is 12.1 Å². The number of ether oxygens (including phenoxy) is 1. The molecule has 1 atom stereocenters. The highest BCUT2D eigenvalue weighted by atomic mass is 19.1. The smallest absolute Gasteiger partial charge is 0.224 e. The zero-order chi connectivity index (χ0) is 12.6. The topological polar surface area (TPSA) is 35.3 Å². The Balaban J connectivity index is 2.54. The lowest BCUT2D eigenvalue weighted by Gasteiger charge is -2.05. The Morgan fingerprint density at radius 1 is 1.29 bits per heavy atom. The first kappa shape index (κ1) is 12.0. The summed E-state index contributed by atoms with van der Waals surface area (Å²) in [6, 6.07) is 3.13. The molecular formula is C13H16FNO2. The van der Waals surface area contributed by atoms with Crippen LogP contribution in [0.3, 0.4) is 0 Å². The van der Waals surface area contributed by atoms with Gasteiger partial charge >= 0.3 is 0 Å². The molecule has 0 spiro atoms.